The molecule has 0 spiro atoms. The van der Waals surface area contributed by atoms with Crippen LogP contribution in [-0.4, -0.2) is 29.3 Å². The molecular formula is C12H17ClN2O3. The van der Waals surface area contributed by atoms with Gasteiger partial charge < -0.3 is 14.9 Å². The Balaban J connectivity index is 1.75. The summed E-state index contributed by atoms with van der Waals surface area (Å²) >= 11 is 5.82. The molecule has 0 aliphatic heterocycles. The molecule has 0 saturated heterocycles. The number of halogens is 1. The Morgan fingerprint density at radius 1 is 1.61 bits per heavy atom. The molecule has 1 aromatic rings. The van der Waals surface area contributed by atoms with Crippen LogP contribution in [0.25, 0.3) is 0 Å². The standard InChI is InChI=1S/C12H17ClN2O3/c1-8-9(11(13)18-15-8)2-3-10(17)14-6-12(7-16)4-5-12/h16H,2-7H2,1H3,(H,14,17). The van der Waals surface area contributed by atoms with Gasteiger partial charge in [-0.1, -0.05) is 5.16 Å². The van der Waals surface area contributed by atoms with E-state index in [9.17, 15) is 4.79 Å². The number of nitrogens with zero attached hydrogens (tertiary/aromatic N) is 1. The Kier molecular flexibility index (Phi) is 3.92. The minimum absolute atomic E-state index is 0.0357. The summed E-state index contributed by atoms with van der Waals surface area (Å²) < 4.78 is 4.82. The van der Waals surface area contributed by atoms with Crippen molar-refractivity contribution < 1.29 is 14.4 Å². The molecule has 1 aliphatic rings. The molecule has 100 valence electrons. The first kappa shape index (κ1) is 13.4. The van der Waals surface area contributed by atoms with Crippen molar-refractivity contribution in [1.82, 2.24) is 10.5 Å². The molecule has 6 heteroatoms. The summed E-state index contributed by atoms with van der Waals surface area (Å²) in [5.74, 6) is -0.0357. The van der Waals surface area contributed by atoms with Crippen molar-refractivity contribution in [3.05, 3.63) is 16.5 Å². The maximum atomic E-state index is 11.7. The van der Waals surface area contributed by atoms with Gasteiger partial charge in [-0.05, 0) is 37.8 Å². The average Bonchev–Trinajstić information content (AvgIpc) is 3.08. The first-order valence-corrected chi connectivity index (χ1v) is 6.42. The van der Waals surface area contributed by atoms with Crippen LogP contribution in [0.3, 0.4) is 0 Å². The maximum absolute atomic E-state index is 11.7. The smallest absolute Gasteiger partial charge is 0.229 e. The summed E-state index contributed by atoms with van der Waals surface area (Å²) in [6, 6.07) is 0. The highest BCUT2D eigenvalue weighted by molar-refractivity contribution is 6.29. The van der Waals surface area contributed by atoms with Gasteiger partial charge >= 0.3 is 0 Å². The Hall–Kier alpha value is -1.07. The van der Waals surface area contributed by atoms with Gasteiger partial charge in [-0.3, -0.25) is 4.79 Å². The molecule has 0 bridgehead atoms. The predicted molar refractivity (Wildman–Crippen MR) is 66.3 cm³/mol. The fraction of sp³-hybridized carbons (Fsp3) is 0.667. The third kappa shape index (κ3) is 3.03. The van der Waals surface area contributed by atoms with E-state index in [-0.39, 0.29) is 23.1 Å². The second-order valence-corrected chi connectivity index (χ2v) is 5.30. The summed E-state index contributed by atoms with van der Waals surface area (Å²) in [7, 11) is 0. The van der Waals surface area contributed by atoms with Crippen LogP contribution in [0.5, 0.6) is 0 Å². The SMILES string of the molecule is Cc1noc(Cl)c1CCC(=O)NCC1(CO)CC1. The lowest BCUT2D eigenvalue weighted by Gasteiger charge is -2.12. The highest BCUT2D eigenvalue weighted by Crippen LogP contribution is 2.44. The summed E-state index contributed by atoms with van der Waals surface area (Å²) in [6.07, 6.45) is 2.84. The third-order valence-electron chi connectivity index (χ3n) is 3.49. The number of amides is 1. The fourth-order valence-electron chi connectivity index (χ4n) is 1.82. The molecule has 5 nitrogen and oxygen atoms in total. The van der Waals surface area contributed by atoms with Crippen molar-refractivity contribution in [1.29, 1.82) is 0 Å². The molecule has 2 N–H and O–H groups in total. The monoisotopic (exact) mass is 272 g/mol. The number of nitrogens with one attached hydrogen (secondary N) is 1. The number of carbonyl (C=O) groups excluding carboxylic acids is 1. The van der Waals surface area contributed by atoms with Gasteiger partial charge in [-0.15, -0.1) is 0 Å². The lowest BCUT2D eigenvalue weighted by molar-refractivity contribution is -0.121. The number of aryl methyl sites for hydroxylation is 1. The van der Waals surface area contributed by atoms with Crippen molar-refractivity contribution in [3.63, 3.8) is 0 Å². The number of carbonyl (C=O) groups is 1. The number of rotatable bonds is 6. The van der Waals surface area contributed by atoms with Gasteiger partial charge in [0.1, 0.15) is 0 Å². The Morgan fingerprint density at radius 3 is 2.83 bits per heavy atom. The van der Waals surface area contributed by atoms with Gasteiger partial charge in [-0.25, -0.2) is 0 Å². The minimum atomic E-state index is -0.0551. The van der Waals surface area contributed by atoms with Crippen LogP contribution in [-0.2, 0) is 11.2 Å². The van der Waals surface area contributed by atoms with E-state index in [0.717, 1.165) is 24.1 Å². The van der Waals surface area contributed by atoms with Crippen LogP contribution in [0.15, 0.2) is 4.52 Å². The molecule has 2 rings (SSSR count). The van der Waals surface area contributed by atoms with Crippen molar-refractivity contribution >= 4 is 17.5 Å². The molecule has 0 radical (unpaired) electrons. The Labute approximate surface area is 110 Å². The normalized spacial score (nSPS) is 16.6. The van der Waals surface area contributed by atoms with Crippen molar-refractivity contribution in [3.8, 4) is 0 Å². The average molecular weight is 273 g/mol. The zero-order valence-electron chi connectivity index (χ0n) is 10.3. The molecule has 1 heterocycles. The lowest BCUT2D eigenvalue weighted by Crippen LogP contribution is -2.31. The number of aromatic nitrogens is 1. The zero-order valence-corrected chi connectivity index (χ0v) is 11.1. The van der Waals surface area contributed by atoms with Gasteiger partial charge in [-0.2, -0.15) is 0 Å². The highest BCUT2D eigenvalue weighted by atomic mass is 35.5. The molecule has 0 aromatic carbocycles. The van der Waals surface area contributed by atoms with E-state index in [4.69, 9.17) is 21.2 Å². The van der Waals surface area contributed by atoms with Gasteiger partial charge in [0.2, 0.25) is 11.1 Å². The molecule has 1 aliphatic carbocycles. The van der Waals surface area contributed by atoms with Crippen LogP contribution < -0.4 is 5.32 Å². The molecule has 18 heavy (non-hydrogen) atoms. The van der Waals surface area contributed by atoms with Crippen molar-refractivity contribution in [2.75, 3.05) is 13.2 Å². The van der Waals surface area contributed by atoms with Crippen LogP contribution in [0, 0.1) is 12.3 Å². The number of hydrogen-bond donors (Lipinski definition) is 2. The summed E-state index contributed by atoms with van der Waals surface area (Å²) in [5, 5.41) is 16.0. The van der Waals surface area contributed by atoms with Gasteiger partial charge in [0, 0.05) is 23.9 Å². The van der Waals surface area contributed by atoms with Crippen LogP contribution in [0.1, 0.15) is 30.5 Å². The second kappa shape index (κ2) is 5.28. The van der Waals surface area contributed by atoms with Crippen LogP contribution in [0.2, 0.25) is 5.22 Å². The van der Waals surface area contributed by atoms with E-state index in [2.05, 4.69) is 10.5 Å². The first-order valence-electron chi connectivity index (χ1n) is 6.04. The van der Waals surface area contributed by atoms with E-state index in [1.807, 2.05) is 0 Å². The highest BCUT2D eigenvalue weighted by Gasteiger charge is 2.41. The minimum Gasteiger partial charge on any atom is -0.396 e. The van der Waals surface area contributed by atoms with Gasteiger partial charge in [0.15, 0.2) is 0 Å². The molecule has 1 fully saturated rings. The zero-order chi connectivity index (χ0) is 13.2. The summed E-state index contributed by atoms with van der Waals surface area (Å²) in [5.41, 5.74) is 1.46. The third-order valence-corrected chi connectivity index (χ3v) is 3.79. The molecule has 0 atom stereocenters. The van der Waals surface area contributed by atoms with E-state index in [1.54, 1.807) is 6.92 Å². The van der Waals surface area contributed by atoms with Crippen LogP contribution in [0.4, 0.5) is 0 Å². The topological polar surface area (TPSA) is 75.4 Å². The van der Waals surface area contributed by atoms with Gasteiger partial charge in [0.05, 0.1) is 12.3 Å². The fourth-order valence-corrected chi connectivity index (χ4v) is 2.09. The van der Waals surface area contributed by atoms with Crippen molar-refractivity contribution in [2.24, 2.45) is 5.41 Å². The van der Waals surface area contributed by atoms with E-state index < -0.39 is 0 Å². The molecular weight excluding hydrogens is 256 g/mol. The quantitative estimate of drug-likeness (QED) is 0.822. The largest absolute Gasteiger partial charge is 0.396 e. The number of hydrogen-bond acceptors (Lipinski definition) is 4. The van der Waals surface area contributed by atoms with Crippen molar-refractivity contribution in [2.45, 2.75) is 32.6 Å². The maximum Gasteiger partial charge on any atom is 0.229 e. The molecule has 1 amide bonds. The van der Waals surface area contributed by atoms with Crippen LogP contribution >= 0.6 is 11.6 Å². The Morgan fingerprint density at radius 2 is 2.33 bits per heavy atom. The Bertz CT molecular complexity index is 421. The van der Waals surface area contributed by atoms with E-state index >= 15 is 0 Å². The summed E-state index contributed by atoms with van der Waals surface area (Å²) in [6.45, 7) is 2.50. The predicted octanol–water partition coefficient (Wildman–Crippen LogP) is 1.46. The van der Waals surface area contributed by atoms with E-state index in [1.165, 1.54) is 0 Å². The summed E-state index contributed by atoms with van der Waals surface area (Å²) in [4.78, 5) is 11.7. The first-order chi connectivity index (χ1) is 8.56. The number of aliphatic hydroxyl groups excluding tert-OH is 1. The van der Waals surface area contributed by atoms with Gasteiger partial charge in [0.25, 0.3) is 0 Å². The molecule has 1 saturated carbocycles. The second-order valence-electron chi connectivity index (χ2n) is 4.96. The molecule has 1 aromatic heterocycles. The van der Waals surface area contributed by atoms with E-state index in [0.29, 0.717) is 19.4 Å². The molecule has 0 unspecified atom stereocenters. The number of aliphatic hydroxyl groups is 1. The lowest BCUT2D eigenvalue weighted by atomic mass is 10.1.